The fourth-order valence-corrected chi connectivity index (χ4v) is 3.67. The van der Waals surface area contributed by atoms with Gasteiger partial charge >= 0.3 is 6.18 Å². The van der Waals surface area contributed by atoms with Gasteiger partial charge in [0.15, 0.2) is 0 Å². The van der Waals surface area contributed by atoms with Gasteiger partial charge in [0.1, 0.15) is 12.4 Å². The fraction of sp³-hybridized carbons (Fsp3) is 0.167. The quantitative estimate of drug-likeness (QED) is 0.376. The summed E-state index contributed by atoms with van der Waals surface area (Å²) < 4.78 is 43.9. The van der Waals surface area contributed by atoms with E-state index >= 15 is 0 Å². The van der Waals surface area contributed by atoms with Gasteiger partial charge in [0, 0.05) is 10.6 Å². The largest absolute Gasteiger partial charge is 0.489 e. The second-order valence-corrected chi connectivity index (χ2v) is 7.68. The normalized spacial score (nSPS) is 12.1. The summed E-state index contributed by atoms with van der Waals surface area (Å²) in [6.07, 6.45) is -2.28. The van der Waals surface area contributed by atoms with E-state index in [1.807, 2.05) is 36.4 Å². The van der Waals surface area contributed by atoms with E-state index in [0.29, 0.717) is 12.4 Å². The Balaban J connectivity index is 1.70. The zero-order valence-electron chi connectivity index (χ0n) is 15.9. The molecular formula is C24H21F3OS. The molecule has 29 heavy (non-hydrogen) atoms. The maximum atomic E-state index is 12.7. The first kappa shape index (κ1) is 21.1. The van der Waals surface area contributed by atoms with Crippen LogP contribution < -0.4 is 4.74 Å². The predicted molar refractivity (Wildman–Crippen MR) is 113 cm³/mol. The van der Waals surface area contributed by atoms with E-state index in [4.69, 9.17) is 4.74 Å². The lowest BCUT2D eigenvalue weighted by atomic mass is 10.1. The minimum atomic E-state index is -4.35. The monoisotopic (exact) mass is 414 g/mol. The summed E-state index contributed by atoms with van der Waals surface area (Å²) in [5.41, 5.74) is 2.62. The summed E-state index contributed by atoms with van der Waals surface area (Å²) >= 11 is 1.71. The Hall–Kier alpha value is -2.66. The van der Waals surface area contributed by atoms with Crippen molar-refractivity contribution in [2.75, 3.05) is 12.4 Å². The van der Waals surface area contributed by atoms with E-state index in [-0.39, 0.29) is 0 Å². The van der Waals surface area contributed by atoms with Gasteiger partial charge in [-0.3, -0.25) is 0 Å². The first-order valence-corrected chi connectivity index (χ1v) is 10.1. The Kier molecular flexibility index (Phi) is 7.04. The number of ether oxygens (including phenoxy) is 1. The highest BCUT2D eigenvalue weighted by Crippen LogP contribution is 2.30. The summed E-state index contributed by atoms with van der Waals surface area (Å²) in [6.45, 7) is 2.36. The first-order chi connectivity index (χ1) is 13.9. The minimum Gasteiger partial charge on any atom is -0.489 e. The van der Waals surface area contributed by atoms with E-state index in [9.17, 15) is 13.2 Å². The third-order valence-electron chi connectivity index (χ3n) is 4.19. The zero-order chi connectivity index (χ0) is 20.7. The van der Waals surface area contributed by atoms with Gasteiger partial charge < -0.3 is 4.74 Å². The molecule has 0 atom stereocenters. The van der Waals surface area contributed by atoms with E-state index < -0.39 is 11.7 Å². The molecule has 0 amide bonds. The number of hydrogen-bond acceptors (Lipinski definition) is 2. The number of aryl methyl sites for hydroxylation is 1. The van der Waals surface area contributed by atoms with Crippen LogP contribution in [0.2, 0.25) is 0 Å². The zero-order valence-corrected chi connectivity index (χ0v) is 16.8. The maximum Gasteiger partial charge on any atom is 0.416 e. The third kappa shape index (κ3) is 6.71. The molecule has 0 saturated carbocycles. The van der Waals surface area contributed by atoms with Crippen molar-refractivity contribution in [3.8, 4) is 5.75 Å². The van der Waals surface area contributed by atoms with Crippen LogP contribution in [0.4, 0.5) is 13.2 Å². The lowest BCUT2D eigenvalue weighted by Crippen LogP contribution is -2.06. The lowest BCUT2D eigenvalue weighted by molar-refractivity contribution is -0.137. The van der Waals surface area contributed by atoms with Crippen LogP contribution in [0.15, 0.2) is 89.3 Å². The minimum absolute atomic E-state index is 0.305. The molecule has 3 rings (SSSR count). The van der Waals surface area contributed by atoms with Crippen molar-refractivity contribution in [2.24, 2.45) is 0 Å². The molecule has 0 N–H and O–H groups in total. The molecule has 0 aromatic heterocycles. The van der Waals surface area contributed by atoms with Crippen molar-refractivity contribution < 1.29 is 17.9 Å². The molecule has 0 aliphatic heterocycles. The standard InChI is InChI=1S/C24H21F3OS/c1-18-6-5-9-23(14-18)29-17-20(15-19-7-3-2-4-8-19)16-28-22-12-10-21(11-13-22)24(25,26)27/h2-15H,16-17H2,1H3. The number of benzene rings is 3. The molecule has 0 heterocycles. The van der Waals surface area contributed by atoms with Crippen LogP contribution in [-0.4, -0.2) is 12.4 Å². The molecule has 150 valence electrons. The molecule has 0 fully saturated rings. The van der Waals surface area contributed by atoms with Crippen LogP contribution in [0.5, 0.6) is 5.75 Å². The van der Waals surface area contributed by atoms with Crippen molar-refractivity contribution in [2.45, 2.75) is 18.0 Å². The van der Waals surface area contributed by atoms with Crippen LogP contribution in [0, 0.1) is 6.92 Å². The summed E-state index contributed by atoms with van der Waals surface area (Å²) in [4.78, 5) is 1.17. The molecule has 5 heteroatoms. The smallest absolute Gasteiger partial charge is 0.416 e. The van der Waals surface area contributed by atoms with Crippen molar-refractivity contribution in [1.29, 1.82) is 0 Å². The van der Waals surface area contributed by atoms with Gasteiger partial charge in [-0.25, -0.2) is 0 Å². The summed E-state index contributed by atoms with van der Waals surface area (Å²) in [5.74, 6) is 1.14. The van der Waals surface area contributed by atoms with E-state index in [1.54, 1.807) is 11.8 Å². The molecule has 0 unspecified atom stereocenters. The molecule has 0 saturated heterocycles. The number of halogens is 3. The highest BCUT2D eigenvalue weighted by atomic mass is 32.2. The molecule has 1 nitrogen and oxygen atoms in total. The van der Waals surface area contributed by atoms with Crippen LogP contribution >= 0.6 is 11.8 Å². The summed E-state index contributed by atoms with van der Waals surface area (Å²) in [5, 5.41) is 0. The van der Waals surface area contributed by atoms with Crippen molar-refractivity contribution in [1.82, 2.24) is 0 Å². The van der Waals surface area contributed by atoms with Gasteiger partial charge in [-0.2, -0.15) is 13.2 Å². The van der Waals surface area contributed by atoms with Gasteiger partial charge in [0.25, 0.3) is 0 Å². The average Bonchev–Trinajstić information content (AvgIpc) is 2.70. The van der Waals surface area contributed by atoms with Crippen molar-refractivity contribution in [3.63, 3.8) is 0 Å². The van der Waals surface area contributed by atoms with Gasteiger partial charge in [-0.05, 0) is 54.5 Å². The molecule has 0 radical (unpaired) electrons. The van der Waals surface area contributed by atoms with Gasteiger partial charge in [-0.15, -0.1) is 11.8 Å². The maximum absolute atomic E-state index is 12.7. The molecular weight excluding hydrogens is 393 g/mol. The number of thioether (sulfide) groups is 1. The molecule has 0 aliphatic carbocycles. The predicted octanol–water partition coefficient (Wildman–Crippen LogP) is 7.27. The van der Waals surface area contributed by atoms with Gasteiger partial charge in [0.05, 0.1) is 5.56 Å². The second kappa shape index (κ2) is 9.70. The SMILES string of the molecule is Cc1cccc(SCC(=Cc2ccccc2)COc2ccc(C(F)(F)F)cc2)c1. The van der Waals surface area contributed by atoms with Crippen LogP contribution in [-0.2, 0) is 6.18 Å². The van der Waals surface area contributed by atoms with Gasteiger partial charge in [0.2, 0.25) is 0 Å². The summed E-state index contributed by atoms with van der Waals surface area (Å²) in [6, 6.07) is 23.0. The molecule has 3 aromatic rings. The van der Waals surface area contributed by atoms with Gasteiger partial charge in [-0.1, -0.05) is 54.1 Å². The number of alkyl halides is 3. The molecule has 0 bridgehead atoms. The lowest BCUT2D eigenvalue weighted by Gasteiger charge is -2.12. The fourth-order valence-electron chi connectivity index (χ4n) is 2.71. The first-order valence-electron chi connectivity index (χ1n) is 9.14. The second-order valence-electron chi connectivity index (χ2n) is 6.63. The Bertz CT molecular complexity index is 948. The highest BCUT2D eigenvalue weighted by molar-refractivity contribution is 7.99. The summed E-state index contributed by atoms with van der Waals surface area (Å²) in [7, 11) is 0. The van der Waals surface area contributed by atoms with E-state index in [0.717, 1.165) is 29.0 Å². The highest BCUT2D eigenvalue weighted by Gasteiger charge is 2.30. The van der Waals surface area contributed by atoms with Crippen LogP contribution in [0.25, 0.3) is 6.08 Å². The molecule has 0 spiro atoms. The Labute approximate surface area is 173 Å². The molecule has 3 aromatic carbocycles. The van der Waals surface area contributed by atoms with Crippen molar-refractivity contribution >= 4 is 17.8 Å². The van der Waals surface area contributed by atoms with E-state index in [1.165, 1.54) is 22.6 Å². The van der Waals surface area contributed by atoms with E-state index in [2.05, 4.69) is 31.2 Å². The van der Waals surface area contributed by atoms with Crippen LogP contribution in [0.3, 0.4) is 0 Å². The Morgan fingerprint density at radius 3 is 2.31 bits per heavy atom. The number of hydrogen-bond donors (Lipinski definition) is 0. The Morgan fingerprint density at radius 2 is 1.66 bits per heavy atom. The number of rotatable bonds is 7. The Morgan fingerprint density at radius 1 is 0.931 bits per heavy atom. The topological polar surface area (TPSA) is 9.23 Å². The van der Waals surface area contributed by atoms with Crippen molar-refractivity contribution in [3.05, 3.63) is 101 Å². The van der Waals surface area contributed by atoms with Crippen LogP contribution in [0.1, 0.15) is 16.7 Å². The third-order valence-corrected chi connectivity index (χ3v) is 5.29. The molecule has 0 aliphatic rings. The average molecular weight is 414 g/mol.